The first-order chi connectivity index (χ1) is 6.45. The molecule has 0 amide bonds. The van der Waals surface area contributed by atoms with E-state index in [1.807, 2.05) is 0 Å². The van der Waals surface area contributed by atoms with E-state index < -0.39 is 43.4 Å². The molecular formula is C5H11O8S2. The summed E-state index contributed by atoms with van der Waals surface area (Å²) in [7, 11) is -9.65. The summed E-state index contributed by atoms with van der Waals surface area (Å²) in [6.45, 7) is 2.86. The molecule has 0 saturated heterocycles. The largest absolute Gasteiger partial charge is 0.390 e. The van der Waals surface area contributed by atoms with Crippen LogP contribution in [0.3, 0.4) is 0 Å². The second kappa shape index (κ2) is 4.72. The van der Waals surface area contributed by atoms with Crippen LogP contribution in [0.2, 0.25) is 0 Å². The maximum atomic E-state index is 10.6. The molecular weight excluding hydrogens is 252 g/mol. The molecule has 0 aromatic heterocycles. The molecule has 0 aromatic rings. The zero-order valence-electron chi connectivity index (χ0n) is 7.38. The standard InChI is InChI=1S/C5H11O8S2/c1-3(6)5(7)4(15(11,12)13)2-14(8,9)10/h3-7H,1-2H2,(H,8,9,10)(H,11,12,13). The van der Waals surface area contributed by atoms with Crippen molar-refractivity contribution in [1.29, 1.82) is 0 Å². The first-order valence-corrected chi connectivity index (χ1v) is 6.67. The van der Waals surface area contributed by atoms with Crippen LogP contribution < -0.4 is 0 Å². The second-order valence-electron chi connectivity index (χ2n) is 2.86. The van der Waals surface area contributed by atoms with Crippen LogP contribution in [-0.2, 0) is 20.2 Å². The van der Waals surface area contributed by atoms with Gasteiger partial charge in [-0.25, -0.2) is 0 Å². The molecule has 8 nitrogen and oxygen atoms in total. The van der Waals surface area contributed by atoms with Gasteiger partial charge in [-0.2, -0.15) is 16.8 Å². The van der Waals surface area contributed by atoms with Crippen molar-refractivity contribution < 1.29 is 36.2 Å². The van der Waals surface area contributed by atoms with Gasteiger partial charge in [0.1, 0.15) is 11.4 Å². The molecule has 0 saturated carbocycles. The Bertz CT molecular complexity index is 393. The van der Waals surface area contributed by atoms with Crippen LogP contribution in [0.4, 0.5) is 0 Å². The highest BCUT2D eigenvalue weighted by Crippen LogP contribution is 2.11. The molecule has 0 aliphatic rings. The predicted octanol–water partition coefficient (Wildman–Crippen LogP) is -2.31. The molecule has 1 radical (unpaired) electrons. The lowest BCUT2D eigenvalue weighted by Crippen LogP contribution is -2.45. The Labute approximate surface area is 87.0 Å². The van der Waals surface area contributed by atoms with Gasteiger partial charge in [0.05, 0.1) is 11.9 Å². The van der Waals surface area contributed by atoms with E-state index in [1.165, 1.54) is 0 Å². The maximum absolute atomic E-state index is 10.6. The summed E-state index contributed by atoms with van der Waals surface area (Å²) in [4.78, 5) is 0. The molecule has 15 heavy (non-hydrogen) atoms. The predicted molar refractivity (Wildman–Crippen MR) is 49.1 cm³/mol. The van der Waals surface area contributed by atoms with E-state index in [4.69, 9.17) is 19.3 Å². The average Bonchev–Trinajstić information content (AvgIpc) is 1.94. The van der Waals surface area contributed by atoms with Gasteiger partial charge in [-0.3, -0.25) is 9.11 Å². The number of hydrogen-bond donors (Lipinski definition) is 4. The molecule has 0 rings (SSSR count). The van der Waals surface area contributed by atoms with Crippen LogP contribution in [0.15, 0.2) is 0 Å². The van der Waals surface area contributed by atoms with Crippen molar-refractivity contribution in [2.45, 2.75) is 17.5 Å². The van der Waals surface area contributed by atoms with Gasteiger partial charge in [0.2, 0.25) is 0 Å². The molecule has 3 unspecified atom stereocenters. The fraction of sp³-hybridized carbons (Fsp3) is 0.800. The summed E-state index contributed by atoms with van der Waals surface area (Å²) < 4.78 is 59.0. The number of rotatable bonds is 5. The van der Waals surface area contributed by atoms with Gasteiger partial charge in [0.15, 0.2) is 0 Å². The third-order valence-corrected chi connectivity index (χ3v) is 3.73. The highest BCUT2D eigenvalue weighted by Gasteiger charge is 2.37. The Hall–Kier alpha value is -0.260. The minimum absolute atomic E-state index is 1.43. The van der Waals surface area contributed by atoms with E-state index in [1.54, 1.807) is 0 Å². The van der Waals surface area contributed by atoms with Crippen molar-refractivity contribution in [2.75, 3.05) is 5.75 Å². The van der Waals surface area contributed by atoms with Crippen LogP contribution in [0.5, 0.6) is 0 Å². The van der Waals surface area contributed by atoms with Crippen molar-refractivity contribution in [3.63, 3.8) is 0 Å². The lowest BCUT2D eigenvalue weighted by atomic mass is 10.2. The van der Waals surface area contributed by atoms with Gasteiger partial charge in [-0.05, 0) is 6.92 Å². The van der Waals surface area contributed by atoms with Gasteiger partial charge in [0.25, 0.3) is 20.2 Å². The fourth-order valence-corrected chi connectivity index (χ4v) is 3.17. The minimum atomic E-state index is -4.93. The molecule has 0 heterocycles. The van der Waals surface area contributed by atoms with Crippen LogP contribution in [0.25, 0.3) is 0 Å². The first-order valence-electron chi connectivity index (χ1n) is 3.56. The Morgan fingerprint density at radius 2 is 1.47 bits per heavy atom. The van der Waals surface area contributed by atoms with E-state index in [9.17, 15) is 16.8 Å². The van der Waals surface area contributed by atoms with Crippen LogP contribution in [-0.4, -0.2) is 59.4 Å². The number of hydrogen-bond acceptors (Lipinski definition) is 6. The van der Waals surface area contributed by atoms with Crippen molar-refractivity contribution in [1.82, 2.24) is 0 Å². The monoisotopic (exact) mass is 263 g/mol. The summed E-state index contributed by atoms with van der Waals surface area (Å²) in [6.07, 6.45) is -3.94. The van der Waals surface area contributed by atoms with Gasteiger partial charge < -0.3 is 10.2 Å². The van der Waals surface area contributed by atoms with E-state index in [2.05, 4.69) is 6.92 Å². The lowest BCUT2D eigenvalue weighted by Gasteiger charge is -2.20. The van der Waals surface area contributed by atoms with Crippen molar-refractivity contribution in [3.8, 4) is 0 Å². The fourth-order valence-electron chi connectivity index (χ4n) is 0.816. The minimum Gasteiger partial charge on any atom is -0.390 e. The van der Waals surface area contributed by atoms with Crippen molar-refractivity contribution in [3.05, 3.63) is 6.92 Å². The average molecular weight is 263 g/mol. The van der Waals surface area contributed by atoms with Crippen molar-refractivity contribution in [2.24, 2.45) is 0 Å². The highest BCUT2D eigenvalue weighted by atomic mass is 32.2. The summed E-state index contributed by atoms with van der Waals surface area (Å²) in [5, 5.41) is 15.5. The Morgan fingerprint density at radius 1 is 1.07 bits per heavy atom. The normalized spacial score (nSPS) is 19.5. The number of aliphatic hydroxyl groups excluding tert-OH is 2. The van der Waals surface area contributed by atoms with Gasteiger partial charge in [-0.1, -0.05) is 0 Å². The van der Waals surface area contributed by atoms with E-state index in [0.29, 0.717) is 0 Å². The first kappa shape index (κ1) is 14.7. The SMILES string of the molecule is [CH2]C(O)C(O)C(CS(=O)(=O)O)S(=O)(=O)O. The molecule has 4 N–H and O–H groups in total. The molecule has 0 fully saturated rings. The molecule has 0 aromatic carbocycles. The van der Waals surface area contributed by atoms with Crippen LogP contribution in [0, 0.1) is 6.92 Å². The molecule has 0 aliphatic carbocycles. The van der Waals surface area contributed by atoms with E-state index in [-0.39, 0.29) is 0 Å². The Morgan fingerprint density at radius 3 is 1.67 bits per heavy atom. The molecule has 0 spiro atoms. The van der Waals surface area contributed by atoms with E-state index in [0.717, 1.165) is 0 Å². The zero-order chi connectivity index (χ0) is 12.4. The Balaban J connectivity index is 5.10. The topological polar surface area (TPSA) is 149 Å². The quantitative estimate of drug-likeness (QED) is 0.404. The van der Waals surface area contributed by atoms with Gasteiger partial charge >= 0.3 is 0 Å². The van der Waals surface area contributed by atoms with Gasteiger partial charge in [-0.15, -0.1) is 0 Å². The summed E-state index contributed by atoms with van der Waals surface area (Å²) in [6, 6.07) is 0. The summed E-state index contributed by atoms with van der Waals surface area (Å²) >= 11 is 0. The van der Waals surface area contributed by atoms with Crippen molar-refractivity contribution >= 4 is 20.2 Å². The molecule has 0 aliphatic heterocycles. The van der Waals surface area contributed by atoms with E-state index >= 15 is 0 Å². The van der Waals surface area contributed by atoms with Crippen LogP contribution >= 0.6 is 0 Å². The van der Waals surface area contributed by atoms with Gasteiger partial charge in [0, 0.05) is 0 Å². The molecule has 0 bridgehead atoms. The molecule has 10 heteroatoms. The molecule has 3 atom stereocenters. The van der Waals surface area contributed by atoms with Crippen LogP contribution in [0.1, 0.15) is 0 Å². The lowest BCUT2D eigenvalue weighted by molar-refractivity contribution is 0.0458. The number of aliphatic hydroxyl groups is 2. The second-order valence-corrected chi connectivity index (χ2v) is 5.99. The zero-order valence-corrected chi connectivity index (χ0v) is 9.02. The highest BCUT2D eigenvalue weighted by molar-refractivity contribution is 7.90. The Kier molecular flexibility index (Phi) is 4.64. The summed E-state index contributed by atoms with van der Waals surface area (Å²) in [5.74, 6) is -1.43. The third kappa shape index (κ3) is 5.39. The maximum Gasteiger partial charge on any atom is 0.271 e. The smallest absolute Gasteiger partial charge is 0.271 e. The third-order valence-electron chi connectivity index (χ3n) is 1.53. The molecule has 91 valence electrons. The summed E-state index contributed by atoms with van der Waals surface area (Å²) in [5.41, 5.74) is 0.